The van der Waals surface area contributed by atoms with Gasteiger partial charge in [-0.1, -0.05) is 6.92 Å². The first kappa shape index (κ1) is 22.9. The van der Waals surface area contributed by atoms with Crippen LogP contribution in [0.1, 0.15) is 38.2 Å². The molecule has 1 amide bonds. The number of hydrogen-bond donors (Lipinski definition) is 1. The minimum Gasteiger partial charge on any atom is -0.460 e. The lowest BCUT2D eigenvalue weighted by molar-refractivity contribution is -0.133. The summed E-state index contributed by atoms with van der Waals surface area (Å²) in [5.74, 6) is -0.165. The lowest BCUT2D eigenvalue weighted by Gasteiger charge is -2.31. The van der Waals surface area contributed by atoms with Crippen LogP contribution in [0.4, 0.5) is 15.9 Å². The van der Waals surface area contributed by atoms with Crippen molar-refractivity contribution in [1.82, 2.24) is 14.9 Å². The highest BCUT2D eigenvalue weighted by molar-refractivity contribution is 7.90. The van der Waals surface area contributed by atoms with Crippen molar-refractivity contribution in [2.24, 2.45) is 0 Å². The van der Waals surface area contributed by atoms with Gasteiger partial charge in [0.05, 0.1) is 10.6 Å². The summed E-state index contributed by atoms with van der Waals surface area (Å²) in [5.41, 5.74) is 0.779. The molecule has 10 heteroatoms. The van der Waals surface area contributed by atoms with Crippen LogP contribution in [-0.2, 0) is 14.6 Å². The van der Waals surface area contributed by atoms with E-state index in [9.17, 15) is 17.6 Å². The molecule has 1 aromatic carbocycles. The Balaban J connectivity index is 1.67. The van der Waals surface area contributed by atoms with E-state index >= 15 is 0 Å². The predicted octanol–water partition coefficient (Wildman–Crippen LogP) is 3.24. The molecule has 1 aliphatic heterocycles. The van der Waals surface area contributed by atoms with Gasteiger partial charge in [-0.25, -0.2) is 17.8 Å². The van der Waals surface area contributed by atoms with Crippen molar-refractivity contribution in [3.05, 3.63) is 35.8 Å². The Kier molecular flexibility index (Phi) is 7.09. The molecule has 0 radical (unpaired) electrons. The van der Waals surface area contributed by atoms with Gasteiger partial charge < -0.3 is 15.0 Å². The molecule has 1 N–H and O–H groups in total. The number of piperidine rings is 1. The van der Waals surface area contributed by atoms with Crippen LogP contribution in [0.2, 0.25) is 0 Å². The molecule has 0 spiro atoms. The number of anilines is 2. The van der Waals surface area contributed by atoms with E-state index in [2.05, 4.69) is 15.3 Å². The van der Waals surface area contributed by atoms with Crippen LogP contribution >= 0.6 is 0 Å². The number of aromatic nitrogens is 2. The zero-order valence-corrected chi connectivity index (χ0v) is 18.7. The van der Waals surface area contributed by atoms with Gasteiger partial charge in [-0.05, 0) is 31.5 Å². The van der Waals surface area contributed by atoms with Crippen LogP contribution in [0.25, 0.3) is 0 Å². The Morgan fingerprint density at radius 3 is 2.65 bits per heavy atom. The first-order chi connectivity index (χ1) is 14.7. The number of likely N-dealkylation sites (tertiary alicyclic amines) is 1. The van der Waals surface area contributed by atoms with E-state index in [1.807, 2.05) is 11.8 Å². The number of hydrogen-bond acceptors (Lipinski definition) is 7. The van der Waals surface area contributed by atoms with Crippen molar-refractivity contribution < 1.29 is 22.3 Å². The molecule has 1 aromatic heterocycles. The molecule has 168 valence electrons. The fraction of sp³-hybridized carbons (Fsp3) is 0.476. The van der Waals surface area contributed by atoms with E-state index in [-0.39, 0.29) is 28.6 Å². The molecule has 0 aliphatic carbocycles. The maximum Gasteiger partial charge on any atom is 0.318 e. The molecule has 0 bridgehead atoms. The molecule has 2 aromatic rings. The maximum absolute atomic E-state index is 14.4. The third kappa shape index (κ3) is 5.90. The summed E-state index contributed by atoms with van der Waals surface area (Å²) < 4.78 is 43.5. The van der Waals surface area contributed by atoms with E-state index in [0.29, 0.717) is 43.7 Å². The second kappa shape index (κ2) is 9.59. The zero-order chi connectivity index (χ0) is 22.6. The average Bonchev–Trinajstić information content (AvgIpc) is 2.72. The van der Waals surface area contributed by atoms with E-state index in [1.54, 1.807) is 13.1 Å². The molecular formula is C21H27FN4O4S. The SMILES string of the molecule is CCCC(=O)N1CCC(Oc2ncc(C)c(Nc3ccc(S(C)(=O)=O)cc3F)n2)CC1. The first-order valence-corrected chi connectivity index (χ1v) is 12.1. The summed E-state index contributed by atoms with van der Waals surface area (Å²) in [6.07, 6.45) is 5.27. The average molecular weight is 451 g/mol. The summed E-state index contributed by atoms with van der Waals surface area (Å²) in [6, 6.07) is 3.83. The van der Waals surface area contributed by atoms with Crippen molar-refractivity contribution in [1.29, 1.82) is 0 Å². The highest BCUT2D eigenvalue weighted by Gasteiger charge is 2.24. The molecule has 0 saturated carbocycles. The molecule has 8 nitrogen and oxygen atoms in total. The fourth-order valence-corrected chi connectivity index (χ4v) is 3.94. The molecule has 3 rings (SSSR count). The van der Waals surface area contributed by atoms with Crippen molar-refractivity contribution in [2.75, 3.05) is 24.7 Å². The number of aryl methyl sites for hydroxylation is 1. The van der Waals surface area contributed by atoms with Crippen LogP contribution < -0.4 is 10.1 Å². The quantitative estimate of drug-likeness (QED) is 0.691. The maximum atomic E-state index is 14.4. The number of nitrogens with one attached hydrogen (secondary N) is 1. The van der Waals surface area contributed by atoms with E-state index in [0.717, 1.165) is 18.7 Å². The molecule has 2 heterocycles. The smallest absolute Gasteiger partial charge is 0.318 e. The third-order valence-corrected chi connectivity index (χ3v) is 6.21. The minimum atomic E-state index is -3.50. The molecule has 1 fully saturated rings. The normalized spacial score (nSPS) is 15.0. The van der Waals surface area contributed by atoms with Crippen LogP contribution in [0.5, 0.6) is 6.01 Å². The summed E-state index contributed by atoms with van der Waals surface area (Å²) in [5, 5.41) is 2.88. The van der Waals surface area contributed by atoms with Gasteiger partial charge in [-0.15, -0.1) is 0 Å². The topological polar surface area (TPSA) is 101 Å². The zero-order valence-electron chi connectivity index (χ0n) is 17.9. The van der Waals surface area contributed by atoms with Gasteiger partial charge in [0.1, 0.15) is 17.7 Å². The summed E-state index contributed by atoms with van der Waals surface area (Å²) in [7, 11) is -3.50. The molecular weight excluding hydrogens is 423 g/mol. The lowest BCUT2D eigenvalue weighted by Crippen LogP contribution is -2.41. The summed E-state index contributed by atoms with van der Waals surface area (Å²) >= 11 is 0. The number of benzene rings is 1. The van der Waals surface area contributed by atoms with Crippen LogP contribution in [0.3, 0.4) is 0 Å². The highest BCUT2D eigenvalue weighted by atomic mass is 32.2. The van der Waals surface area contributed by atoms with Crippen LogP contribution in [0, 0.1) is 12.7 Å². The van der Waals surface area contributed by atoms with E-state index in [4.69, 9.17) is 4.74 Å². The van der Waals surface area contributed by atoms with Crippen molar-refractivity contribution in [3.63, 3.8) is 0 Å². The number of sulfone groups is 1. The highest BCUT2D eigenvalue weighted by Crippen LogP contribution is 2.25. The number of carbonyl (C=O) groups is 1. The standard InChI is InChI=1S/C21H27FN4O4S/c1-4-5-19(27)26-10-8-15(9-11-26)30-21-23-13-14(2)20(25-21)24-18-7-6-16(12-17(18)22)31(3,28)29/h6-7,12-13,15H,4-5,8-11H2,1-3H3,(H,23,24,25). The van der Waals surface area contributed by atoms with Crippen molar-refractivity contribution >= 4 is 27.2 Å². The molecule has 0 atom stereocenters. The number of carbonyl (C=O) groups excluding carboxylic acids is 1. The second-order valence-corrected chi connectivity index (χ2v) is 9.69. The van der Waals surface area contributed by atoms with Gasteiger partial charge in [-0.3, -0.25) is 4.79 Å². The molecule has 1 aliphatic rings. The van der Waals surface area contributed by atoms with Crippen LogP contribution in [-0.4, -0.2) is 54.6 Å². The van der Waals surface area contributed by atoms with Gasteiger partial charge in [0.2, 0.25) is 5.91 Å². The molecule has 31 heavy (non-hydrogen) atoms. The third-order valence-electron chi connectivity index (χ3n) is 5.10. The molecule has 0 unspecified atom stereocenters. The number of halogens is 1. The minimum absolute atomic E-state index is 0.0947. The Morgan fingerprint density at radius 1 is 1.32 bits per heavy atom. The van der Waals surface area contributed by atoms with E-state index < -0.39 is 15.7 Å². The van der Waals surface area contributed by atoms with Gasteiger partial charge in [0.25, 0.3) is 0 Å². The fourth-order valence-electron chi connectivity index (χ4n) is 3.31. The van der Waals surface area contributed by atoms with Crippen LogP contribution in [0.15, 0.2) is 29.3 Å². The van der Waals surface area contributed by atoms with E-state index in [1.165, 1.54) is 12.1 Å². The van der Waals surface area contributed by atoms with Crippen molar-refractivity contribution in [2.45, 2.75) is 50.5 Å². The Morgan fingerprint density at radius 2 is 2.03 bits per heavy atom. The number of nitrogens with zero attached hydrogens (tertiary/aromatic N) is 3. The monoisotopic (exact) mass is 450 g/mol. The first-order valence-electron chi connectivity index (χ1n) is 10.2. The van der Waals surface area contributed by atoms with Gasteiger partial charge in [-0.2, -0.15) is 4.98 Å². The van der Waals surface area contributed by atoms with Gasteiger partial charge in [0.15, 0.2) is 9.84 Å². The summed E-state index contributed by atoms with van der Waals surface area (Å²) in [6.45, 7) is 5.03. The lowest BCUT2D eigenvalue weighted by atomic mass is 10.1. The van der Waals surface area contributed by atoms with Gasteiger partial charge >= 0.3 is 6.01 Å². The number of rotatable bonds is 7. The second-order valence-electron chi connectivity index (χ2n) is 7.67. The largest absolute Gasteiger partial charge is 0.460 e. The summed E-state index contributed by atoms with van der Waals surface area (Å²) in [4.78, 5) is 22.3. The Labute approximate surface area is 181 Å². The van der Waals surface area contributed by atoms with Crippen molar-refractivity contribution in [3.8, 4) is 6.01 Å². The predicted molar refractivity (Wildman–Crippen MR) is 115 cm³/mol. The number of ether oxygens (including phenoxy) is 1. The number of amides is 1. The molecule has 1 saturated heterocycles. The van der Waals surface area contributed by atoms with Gasteiger partial charge in [0, 0.05) is 50.4 Å². The Hall–Kier alpha value is -2.75. The Bertz CT molecular complexity index is 1050.